The van der Waals surface area contributed by atoms with E-state index in [9.17, 15) is 14.4 Å². The van der Waals surface area contributed by atoms with Gasteiger partial charge in [-0.05, 0) is 74.6 Å². The number of nitrogens with zero attached hydrogens (tertiary/aromatic N) is 4. The Labute approximate surface area is 243 Å². The lowest BCUT2D eigenvalue weighted by molar-refractivity contribution is -0.113. The van der Waals surface area contributed by atoms with Crippen molar-refractivity contribution < 1.29 is 4.79 Å². The average molecular weight is 592 g/mol. The van der Waals surface area contributed by atoms with Gasteiger partial charge in [0, 0.05) is 16.9 Å². The van der Waals surface area contributed by atoms with Gasteiger partial charge in [0.25, 0.3) is 11.1 Å². The molecule has 0 bridgehead atoms. The van der Waals surface area contributed by atoms with Crippen molar-refractivity contribution in [3.63, 3.8) is 0 Å². The molecule has 0 aliphatic heterocycles. The second-order valence-corrected chi connectivity index (χ2v) is 12.1. The van der Waals surface area contributed by atoms with Gasteiger partial charge in [-0.15, -0.1) is 11.3 Å². The highest BCUT2D eigenvalue weighted by atomic mass is 35.5. The molecule has 0 atom stereocenters. The van der Waals surface area contributed by atoms with Gasteiger partial charge in [-0.1, -0.05) is 41.6 Å². The summed E-state index contributed by atoms with van der Waals surface area (Å²) >= 11 is 8.86. The number of halogens is 1. The minimum Gasteiger partial charge on any atom is -0.319 e. The summed E-state index contributed by atoms with van der Waals surface area (Å²) in [5, 5.41) is 4.44. The van der Waals surface area contributed by atoms with Crippen LogP contribution in [0.4, 0.5) is 5.69 Å². The Morgan fingerprint density at radius 3 is 2.50 bits per heavy atom. The van der Waals surface area contributed by atoms with Gasteiger partial charge in [0.15, 0.2) is 5.16 Å². The fraction of sp³-hybridized carbons (Fsp3) is 0.241. The number of amides is 1. The summed E-state index contributed by atoms with van der Waals surface area (Å²) in [5.41, 5.74) is 2.85. The number of aryl methyl sites for hydroxylation is 2. The Hall–Kier alpha value is -3.60. The van der Waals surface area contributed by atoms with Crippen molar-refractivity contribution in [1.82, 2.24) is 18.9 Å². The highest BCUT2D eigenvalue weighted by Crippen LogP contribution is 2.35. The quantitative estimate of drug-likeness (QED) is 0.208. The minimum absolute atomic E-state index is 0.0320. The molecular formula is C29H26ClN5O3S2. The summed E-state index contributed by atoms with van der Waals surface area (Å²) in [6.45, 7) is 1.79. The van der Waals surface area contributed by atoms with Crippen molar-refractivity contribution >= 4 is 56.5 Å². The van der Waals surface area contributed by atoms with Crippen LogP contribution in [0.2, 0.25) is 5.02 Å². The summed E-state index contributed by atoms with van der Waals surface area (Å²) in [4.78, 5) is 47.1. The van der Waals surface area contributed by atoms with Crippen LogP contribution in [-0.4, -0.2) is 30.6 Å². The van der Waals surface area contributed by atoms with Gasteiger partial charge in [0.05, 0.1) is 28.2 Å². The van der Waals surface area contributed by atoms with Gasteiger partial charge in [-0.2, -0.15) is 0 Å². The molecule has 0 unspecified atom stereocenters. The Bertz CT molecular complexity index is 1870. The number of para-hydroxylation sites is 1. The first-order chi connectivity index (χ1) is 19.3. The van der Waals surface area contributed by atoms with Gasteiger partial charge in [0.2, 0.25) is 5.91 Å². The first kappa shape index (κ1) is 26.6. The van der Waals surface area contributed by atoms with Crippen molar-refractivity contribution in [3.8, 4) is 11.4 Å². The molecule has 1 aliphatic rings. The van der Waals surface area contributed by atoms with Crippen LogP contribution in [-0.2, 0) is 24.7 Å². The predicted octanol–water partition coefficient (Wildman–Crippen LogP) is 5.51. The number of hydrogen-bond acceptors (Lipinski definition) is 6. The molecular weight excluding hydrogens is 566 g/mol. The van der Waals surface area contributed by atoms with E-state index in [4.69, 9.17) is 16.6 Å². The predicted molar refractivity (Wildman–Crippen MR) is 162 cm³/mol. The molecule has 8 nitrogen and oxygen atoms in total. The molecule has 40 heavy (non-hydrogen) atoms. The summed E-state index contributed by atoms with van der Waals surface area (Å²) in [7, 11) is 1.78. The summed E-state index contributed by atoms with van der Waals surface area (Å²) in [6, 6.07) is 16.3. The number of anilines is 1. The zero-order valence-electron chi connectivity index (χ0n) is 21.9. The number of benzene rings is 2. The van der Waals surface area contributed by atoms with E-state index >= 15 is 0 Å². The number of aromatic nitrogens is 4. The topological polar surface area (TPSA) is 90.9 Å². The van der Waals surface area contributed by atoms with E-state index in [-0.39, 0.29) is 28.5 Å². The van der Waals surface area contributed by atoms with Crippen LogP contribution >= 0.6 is 34.7 Å². The van der Waals surface area contributed by atoms with E-state index < -0.39 is 0 Å². The van der Waals surface area contributed by atoms with Crippen LogP contribution in [0.25, 0.3) is 21.6 Å². The maximum Gasteiger partial charge on any atom is 0.295 e. The summed E-state index contributed by atoms with van der Waals surface area (Å²) in [6.07, 6.45) is 4.00. The number of thioether (sulfide) groups is 1. The van der Waals surface area contributed by atoms with Crippen molar-refractivity contribution in [2.45, 2.75) is 37.8 Å². The highest BCUT2D eigenvalue weighted by Gasteiger charge is 2.24. The van der Waals surface area contributed by atoms with Crippen LogP contribution in [0.15, 0.2) is 69.3 Å². The molecule has 0 saturated heterocycles. The number of hydrogen-bond donors (Lipinski definition) is 1. The molecule has 1 aliphatic carbocycles. The van der Waals surface area contributed by atoms with Gasteiger partial charge >= 0.3 is 0 Å². The molecule has 2 aromatic carbocycles. The molecule has 3 aromatic heterocycles. The SMILES string of the molecule is Cc1c(NC(=O)CSc2nc3sc4c(c3c(=O)n2-c2ccc(Cl)cc2)CCCC4)c(=O)n(-c2ccccc2)n1C. The van der Waals surface area contributed by atoms with Crippen molar-refractivity contribution in [1.29, 1.82) is 0 Å². The molecule has 1 amide bonds. The maximum atomic E-state index is 13.9. The molecule has 11 heteroatoms. The second-order valence-electron chi connectivity index (χ2n) is 9.68. The van der Waals surface area contributed by atoms with Gasteiger partial charge in [-0.25, -0.2) is 9.67 Å². The van der Waals surface area contributed by atoms with Crippen molar-refractivity contribution in [2.24, 2.45) is 7.05 Å². The van der Waals surface area contributed by atoms with Crippen LogP contribution in [0, 0.1) is 6.92 Å². The van der Waals surface area contributed by atoms with Crippen LogP contribution < -0.4 is 16.4 Å². The second kappa shape index (κ2) is 10.8. The summed E-state index contributed by atoms with van der Waals surface area (Å²) in [5.74, 6) is -0.395. The molecule has 0 saturated carbocycles. The number of nitrogens with one attached hydrogen (secondary N) is 1. The van der Waals surface area contributed by atoms with E-state index in [0.29, 0.717) is 37.5 Å². The molecule has 6 rings (SSSR count). The lowest BCUT2D eigenvalue weighted by atomic mass is 9.97. The normalized spacial score (nSPS) is 13.0. The van der Waals surface area contributed by atoms with E-state index in [1.807, 2.05) is 30.3 Å². The largest absolute Gasteiger partial charge is 0.319 e. The van der Waals surface area contributed by atoms with E-state index in [1.165, 1.54) is 21.3 Å². The minimum atomic E-state index is -0.363. The van der Waals surface area contributed by atoms with E-state index in [1.54, 1.807) is 58.8 Å². The lowest BCUT2D eigenvalue weighted by Crippen LogP contribution is -2.25. The zero-order chi connectivity index (χ0) is 28.0. The molecule has 0 spiro atoms. The maximum absolute atomic E-state index is 13.9. The zero-order valence-corrected chi connectivity index (χ0v) is 24.3. The average Bonchev–Trinajstić information content (AvgIpc) is 3.43. The number of carbonyl (C=O) groups excluding carboxylic acids is 1. The van der Waals surface area contributed by atoms with Gasteiger partial charge in [-0.3, -0.25) is 23.6 Å². The Morgan fingerprint density at radius 2 is 1.75 bits per heavy atom. The number of thiophene rings is 1. The Balaban J connectivity index is 1.33. The fourth-order valence-electron chi connectivity index (χ4n) is 5.12. The smallest absolute Gasteiger partial charge is 0.295 e. The summed E-state index contributed by atoms with van der Waals surface area (Å²) < 4.78 is 4.80. The molecule has 1 N–H and O–H groups in total. The molecule has 5 aromatic rings. The highest BCUT2D eigenvalue weighted by molar-refractivity contribution is 7.99. The van der Waals surface area contributed by atoms with Crippen LogP contribution in [0.1, 0.15) is 29.0 Å². The molecule has 0 fully saturated rings. The lowest BCUT2D eigenvalue weighted by Gasteiger charge is -2.13. The van der Waals surface area contributed by atoms with Crippen molar-refractivity contribution in [3.05, 3.63) is 96.5 Å². The standard InChI is InChI=1S/C29H26ClN5O3S2/c1-17-25(28(38)35(33(17)2)20-8-4-3-5-9-20)31-23(36)16-39-29-32-26-24(21-10-6-7-11-22(21)40-26)27(37)34(29)19-14-12-18(30)13-15-19/h3-5,8-9,12-15H,6-7,10-11,16H2,1-2H3,(H,31,36). The third-order valence-corrected chi connectivity index (χ3v) is 9.57. The first-order valence-electron chi connectivity index (χ1n) is 12.9. The first-order valence-corrected chi connectivity index (χ1v) is 15.1. The van der Waals surface area contributed by atoms with Crippen LogP contribution in [0.3, 0.4) is 0 Å². The fourth-order valence-corrected chi connectivity index (χ4v) is 7.36. The third kappa shape index (κ3) is 4.70. The Morgan fingerprint density at radius 1 is 1.02 bits per heavy atom. The van der Waals surface area contributed by atoms with Gasteiger partial charge in [0.1, 0.15) is 10.5 Å². The molecule has 0 radical (unpaired) electrons. The van der Waals surface area contributed by atoms with E-state index in [2.05, 4.69) is 5.32 Å². The number of carbonyl (C=O) groups is 1. The van der Waals surface area contributed by atoms with Crippen molar-refractivity contribution in [2.75, 3.05) is 11.1 Å². The number of fused-ring (bicyclic) bond motifs is 3. The number of rotatable bonds is 6. The molecule has 3 heterocycles. The monoisotopic (exact) mass is 591 g/mol. The van der Waals surface area contributed by atoms with Crippen LogP contribution in [0.5, 0.6) is 0 Å². The third-order valence-electron chi connectivity index (χ3n) is 7.19. The van der Waals surface area contributed by atoms with E-state index in [0.717, 1.165) is 31.2 Å². The Kier molecular flexibility index (Phi) is 7.16. The van der Waals surface area contributed by atoms with Gasteiger partial charge < -0.3 is 5.32 Å². The molecule has 204 valence electrons.